The summed E-state index contributed by atoms with van der Waals surface area (Å²) in [5, 5.41) is 22.0. The predicted molar refractivity (Wildman–Crippen MR) is 92.4 cm³/mol. The molecule has 4 aromatic rings. The number of fused-ring (bicyclic) bond motifs is 2. The summed E-state index contributed by atoms with van der Waals surface area (Å²) in [6.07, 6.45) is 1.55. The third kappa shape index (κ3) is 2.14. The van der Waals surface area contributed by atoms with Gasteiger partial charge in [-0.3, -0.25) is 4.79 Å². The van der Waals surface area contributed by atoms with Gasteiger partial charge in [0.1, 0.15) is 17.4 Å². The van der Waals surface area contributed by atoms with Gasteiger partial charge in [-0.05, 0) is 40.3 Å². The van der Waals surface area contributed by atoms with E-state index in [1.165, 1.54) is 0 Å². The van der Waals surface area contributed by atoms with E-state index in [-0.39, 0.29) is 5.56 Å². The van der Waals surface area contributed by atoms with Crippen LogP contribution in [0.2, 0.25) is 5.02 Å². The minimum absolute atomic E-state index is 0.327. The fourth-order valence-electron chi connectivity index (χ4n) is 3.09. The number of tetrazole rings is 1. The van der Waals surface area contributed by atoms with E-state index in [2.05, 4.69) is 31.0 Å². The SMILES string of the molecule is O=c1[nH]nc(-c2ccco2)c2c1Nc1nnnn1C2c1ccc(Cl)cc1. The van der Waals surface area contributed by atoms with Crippen LogP contribution in [-0.2, 0) is 0 Å². The van der Waals surface area contributed by atoms with E-state index < -0.39 is 6.04 Å². The number of aromatic amines is 1. The van der Waals surface area contributed by atoms with Gasteiger partial charge in [0.05, 0.1) is 6.26 Å². The van der Waals surface area contributed by atoms with Gasteiger partial charge in [-0.1, -0.05) is 28.8 Å². The van der Waals surface area contributed by atoms with Crippen molar-refractivity contribution in [1.82, 2.24) is 30.4 Å². The van der Waals surface area contributed by atoms with E-state index in [9.17, 15) is 4.79 Å². The lowest BCUT2D eigenvalue weighted by atomic mass is 9.94. The summed E-state index contributed by atoms with van der Waals surface area (Å²) in [6, 6.07) is 10.3. The molecule has 2 N–H and O–H groups in total. The quantitative estimate of drug-likeness (QED) is 0.492. The maximum atomic E-state index is 12.4. The highest BCUT2D eigenvalue weighted by Gasteiger charge is 2.34. The van der Waals surface area contributed by atoms with E-state index in [4.69, 9.17) is 16.0 Å². The summed E-state index contributed by atoms with van der Waals surface area (Å²) < 4.78 is 7.10. The topological polar surface area (TPSA) is 115 Å². The van der Waals surface area contributed by atoms with Crippen molar-refractivity contribution in [3.8, 4) is 11.5 Å². The third-order valence-electron chi connectivity index (χ3n) is 4.21. The number of halogens is 1. The predicted octanol–water partition coefficient (Wildman–Crippen LogP) is 2.36. The Morgan fingerprint density at radius 1 is 1.19 bits per heavy atom. The van der Waals surface area contributed by atoms with Gasteiger partial charge < -0.3 is 9.73 Å². The zero-order valence-electron chi connectivity index (χ0n) is 13.0. The molecule has 26 heavy (non-hydrogen) atoms. The zero-order valence-corrected chi connectivity index (χ0v) is 13.8. The molecule has 10 heteroatoms. The van der Waals surface area contributed by atoms with Crippen LogP contribution in [0.1, 0.15) is 17.2 Å². The number of nitrogens with one attached hydrogen (secondary N) is 2. The third-order valence-corrected chi connectivity index (χ3v) is 4.46. The number of furan rings is 1. The summed E-state index contributed by atoms with van der Waals surface area (Å²) in [7, 11) is 0. The molecule has 0 bridgehead atoms. The Morgan fingerprint density at radius 2 is 2.04 bits per heavy atom. The van der Waals surface area contributed by atoms with Crippen molar-refractivity contribution in [2.24, 2.45) is 0 Å². The van der Waals surface area contributed by atoms with Crippen LogP contribution >= 0.6 is 11.6 Å². The van der Waals surface area contributed by atoms with Gasteiger partial charge in [0, 0.05) is 10.6 Å². The standard InChI is InChI=1S/C16H10ClN7O2/c17-9-5-3-8(4-6-9)14-11-12(10-2-1-7-26-10)19-20-15(25)13(11)18-16-21-22-23-24(14)16/h1-7,14H,(H,20,25)(H,18,21,23). The first-order chi connectivity index (χ1) is 12.7. The largest absolute Gasteiger partial charge is 0.463 e. The second-order valence-electron chi connectivity index (χ2n) is 5.69. The molecule has 128 valence electrons. The van der Waals surface area contributed by atoms with E-state index in [1.807, 2.05) is 12.1 Å². The van der Waals surface area contributed by atoms with Crippen molar-refractivity contribution in [3.63, 3.8) is 0 Å². The molecule has 0 saturated carbocycles. The highest BCUT2D eigenvalue weighted by atomic mass is 35.5. The van der Waals surface area contributed by atoms with Gasteiger partial charge in [0.2, 0.25) is 5.95 Å². The molecule has 3 aromatic heterocycles. The number of nitrogens with zero attached hydrogens (tertiary/aromatic N) is 5. The molecule has 1 aliphatic heterocycles. The van der Waals surface area contributed by atoms with Crippen LogP contribution in [0.4, 0.5) is 11.6 Å². The molecule has 0 saturated heterocycles. The number of benzene rings is 1. The van der Waals surface area contributed by atoms with Crippen LogP contribution in [0.5, 0.6) is 0 Å². The summed E-state index contributed by atoms with van der Waals surface area (Å²) in [4.78, 5) is 12.4. The number of aromatic nitrogens is 6. The van der Waals surface area contributed by atoms with Crippen molar-refractivity contribution in [1.29, 1.82) is 0 Å². The molecule has 0 spiro atoms. The maximum absolute atomic E-state index is 12.4. The van der Waals surface area contributed by atoms with Gasteiger partial charge in [-0.2, -0.15) is 9.78 Å². The maximum Gasteiger partial charge on any atom is 0.288 e. The van der Waals surface area contributed by atoms with Crippen LogP contribution in [0.3, 0.4) is 0 Å². The number of hydrogen-bond donors (Lipinski definition) is 2. The first-order valence-corrected chi connectivity index (χ1v) is 8.07. The fourth-order valence-corrected chi connectivity index (χ4v) is 3.22. The average Bonchev–Trinajstić information content (AvgIpc) is 3.33. The van der Waals surface area contributed by atoms with E-state index in [0.29, 0.717) is 33.7 Å². The molecule has 0 radical (unpaired) electrons. The average molecular weight is 368 g/mol. The van der Waals surface area contributed by atoms with Crippen LogP contribution in [0.15, 0.2) is 51.9 Å². The molecule has 1 atom stereocenters. The van der Waals surface area contributed by atoms with Gasteiger partial charge in [0.15, 0.2) is 5.76 Å². The molecule has 0 amide bonds. The molecule has 0 aliphatic carbocycles. The van der Waals surface area contributed by atoms with Crippen LogP contribution in [-0.4, -0.2) is 30.4 Å². The minimum atomic E-state index is -0.469. The molecule has 1 aliphatic rings. The minimum Gasteiger partial charge on any atom is -0.463 e. The molecule has 1 aromatic carbocycles. The molecule has 5 rings (SSSR count). The number of rotatable bonds is 2. The molecular formula is C16H10ClN7O2. The Balaban J connectivity index is 1.83. The summed E-state index contributed by atoms with van der Waals surface area (Å²) in [6.45, 7) is 0. The lowest BCUT2D eigenvalue weighted by Gasteiger charge is -2.27. The second kappa shape index (κ2) is 5.53. The summed E-state index contributed by atoms with van der Waals surface area (Å²) >= 11 is 6.03. The van der Waals surface area contributed by atoms with Crippen molar-refractivity contribution in [2.75, 3.05) is 5.32 Å². The van der Waals surface area contributed by atoms with Crippen LogP contribution < -0.4 is 10.9 Å². The number of anilines is 2. The lowest BCUT2D eigenvalue weighted by Crippen LogP contribution is -2.29. The van der Waals surface area contributed by atoms with Gasteiger partial charge in [-0.25, -0.2) is 5.10 Å². The summed E-state index contributed by atoms with van der Waals surface area (Å²) in [5.41, 5.74) is 1.92. The van der Waals surface area contributed by atoms with E-state index >= 15 is 0 Å². The van der Waals surface area contributed by atoms with Crippen molar-refractivity contribution in [2.45, 2.75) is 6.04 Å². The summed E-state index contributed by atoms with van der Waals surface area (Å²) in [5.74, 6) is 0.884. The first-order valence-electron chi connectivity index (χ1n) is 7.69. The van der Waals surface area contributed by atoms with E-state index in [1.54, 1.807) is 35.2 Å². The molecule has 4 heterocycles. The number of H-pyrrole nitrogens is 1. The molecule has 0 fully saturated rings. The van der Waals surface area contributed by atoms with Crippen molar-refractivity contribution >= 4 is 23.2 Å². The van der Waals surface area contributed by atoms with Crippen LogP contribution in [0, 0.1) is 0 Å². The van der Waals surface area contributed by atoms with Crippen LogP contribution in [0.25, 0.3) is 11.5 Å². The smallest absolute Gasteiger partial charge is 0.288 e. The van der Waals surface area contributed by atoms with Gasteiger partial charge in [-0.15, -0.1) is 0 Å². The monoisotopic (exact) mass is 367 g/mol. The van der Waals surface area contributed by atoms with Crippen molar-refractivity contribution < 1.29 is 4.42 Å². The van der Waals surface area contributed by atoms with Crippen molar-refractivity contribution in [3.05, 3.63) is 69.2 Å². The normalized spacial score (nSPS) is 15.2. The Kier molecular flexibility index (Phi) is 3.16. The number of hydrogen-bond acceptors (Lipinski definition) is 7. The Labute approximate surface area is 150 Å². The second-order valence-corrected chi connectivity index (χ2v) is 6.13. The van der Waals surface area contributed by atoms with Gasteiger partial charge in [0.25, 0.3) is 5.56 Å². The first kappa shape index (κ1) is 14.8. The van der Waals surface area contributed by atoms with Gasteiger partial charge >= 0.3 is 0 Å². The highest BCUT2D eigenvalue weighted by Crippen LogP contribution is 2.41. The Hall–Kier alpha value is -3.46. The Bertz CT molecular complexity index is 1150. The lowest BCUT2D eigenvalue weighted by molar-refractivity contribution is 0.554. The van der Waals surface area contributed by atoms with E-state index in [0.717, 1.165) is 5.56 Å². The molecule has 9 nitrogen and oxygen atoms in total. The molecule has 1 unspecified atom stereocenters. The molecular weight excluding hydrogens is 358 g/mol. The fraction of sp³-hybridized carbons (Fsp3) is 0.0625. The highest BCUT2D eigenvalue weighted by molar-refractivity contribution is 6.30. The zero-order chi connectivity index (χ0) is 17.7. The Morgan fingerprint density at radius 3 is 2.81 bits per heavy atom.